The van der Waals surface area contributed by atoms with Gasteiger partial charge in [-0.05, 0) is 47.9 Å². The van der Waals surface area contributed by atoms with Crippen LogP contribution in [0.15, 0.2) is 5.16 Å². The number of carbonyl (C=O) groups is 1. The highest BCUT2D eigenvalue weighted by molar-refractivity contribution is 7.99. The van der Waals surface area contributed by atoms with Gasteiger partial charge in [0.15, 0.2) is 0 Å². The van der Waals surface area contributed by atoms with Gasteiger partial charge in [-0.25, -0.2) is 4.68 Å². The fraction of sp³-hybridized carbons (Fsp3) is 0.800. The Morgan fingerprint density at radius 2 is 2.06 bits per heavy atom. The first kappa shape index (κ1) is 11.0. The lowest BCUT2D eigenvalue weighted by Crippen LogP contribution is -2.16. The smallest absolute Gasteiger partial charge is 0.313 e. The third kappa shape index (κ3) is 2.43. The molecule has 92 valence electrons. The summed E-state index contributed by atoms with van der Waals surface area (Å²) >= 11 is 1.21. The van der Waals surface area contributed by atoms with Crippen LogP contribution in [0, 0.1) is 11.8 Å². The van der Waals surface area contributed by atoms with Gasteiger partial charge >= 0.3 is 5.97 Å². The van der Waals surface area contributed by atoms with Crippen LogP contribution in [0.1, 0.15) is 31.7 Å². The summed E-state index contributed by atoms with van der Waals surface area (Å²) in [5.41, 5.74) is 0. The molecule has 0 spiro atoms. The van der Waals surface area contributed by atoms with Crippen molar-refractivity contribution in [2.24, 2.45) is 11.8 Å². The Labute approximate surface area is 103 Å². The Kier molecular flexibility index (Phi) is 2.78. The molecule has 0 bridgehead atoms. The second kappa shape index (κ2) is 4.29. The van der Waals surface area contributed by atoms with Crippen molar-refractivity contribution in [2.45, 2.75) is 36.9 Å². The number of aliphatic carboxylic acids is 1. The lowest BCUT2D eigenvalue weighted by Gasteiger charge is -2.16. The Balaban J connectivity index is 1.76. The second-order valence-electron chi connectivity index (χ2n) is 4.75. The van der Waals surface area contributed by atoms with Crippen molar-refractivity contribution >= 4 is 17.7 Å². The second-order valence-corrected chi connectivity index (χ2v) is 5.70. The topological polar surface area (TPSA) is 80.9 Å². The Hall–Kier alpha value is -1.11. The number of nitrogens with zero attached hydrogens (tertiary/aromatic N) is 4. The third-order valence-corrected chi connectivity index (χ3v) is 4.20. The molecule has 0 radical (unpaired) electrons. The van der Waals surface area contributed by atoms with Crippen molar-refractivity contribution in [1.82, 2.24) is 20.2 Å². The first-order valence-corrected chi connectivity index (χ1v) is 6.86. The number of hydrogen-bond acceptors (Lipinski definition) is 5. The van der Waals surface area contributed by atoms with Crippen LogP contribution in [-0.2, 0) is 4.79 Å². The van der Waals surface area contributed by atoms with Gasteiger partial charge in [0.25, 0.3) is 0 Å². The fourth-order valence-corrected chi connectivity index (χ4v) is 2.89. The fourth-order valence-electron chi connectivity index (χ4n) is 2.25. The SMILES string of the molecule is O=C(O)CSc1nnnn1C(C1CC1)C1CC1. The van der Waals surface area contributed by atoms with E-state index in [2.05, 4.69) is 15.5 Å². The summed E-state index contributed by atoms with van der Waals surface area (Å²) in [6.07, 6.45) is 5.02. The van der Waals surface area contributed by atoms with Gasteiger partial charge in [0.05, 0.1) is 11.8 Å². The highest BCUT2D eigenvalue weighted by Gasteiger charge is 2.44. The minimum absolute atomic E-state index is 0.0163. The molecule has 0 atom stereocenters. The molecule has 1 aromatic rings. The van der Waals surface area contributed by atoms with Gasteiger partial charge in [0, 0.05) is 0 Å². The van der Waals surface area contributed by atoms with Crippen molar-refractivity contribution in [3.63, 3.8) is 0 Å². The molecule has 0 unspecified atom stereocenters. The molecule has 17 heavy (non-hydrogen) atoms. The highest BCUT2D eigenvalue weighted by atomic mass is 32.2. The number of carboxylic acid groups (broad SMARTS) is 1. The first-order valence-electron chi connectivity index (χ1n) is 5.88. The van der Waals surface area contributed by atoms with Crippen molar-refractivity contribution in [3.8, 4) is 0 Å². The molecule has 1 heterocycles. The van der Waals surface area contributed by atoms with E-state index in [0.29, 0.717) is 23.0 Å². The minimum atomic E-state index is -0.834. The molecule has 0 saturated heterocycles. The number of hydrogen-bond donors (Lipinski definition) is 1. The number of carboxylic acids is 1. The average Bonchev–Trinajstić information content (AvgIpc) is 3.17. The van der Waals surface area contributed by atoms with Gasteiger partial charge in [-0.15, -0.1) is 5.10 Å². The van der Waals surface area contributed by atoms with E-state index in [4.69, 9.17) is 5.11 Å². The van der Waals surface area contributed by atoms with Gasteiger partial charge in [-0.2, -0.15) is 0 Å². The van der Waals surface area contributed by atoms with E-state index in [1.54, 1.807) is 0 Å². The minimum Gasteiger partial charge on any atom is -0.481 e. The summed E-state index contributed by atoms with van der Waals surface area (Å²) in [6, 6.07) is 0.404. The number of tetrazole rings is 1. The van der Waals surface area contributed by atoms with Crippen molar-refractivity contribution in [3.05, 3.63) is 0 Å². The van der Waals surface area contributed by atoms with Crippen LogP contribution in [0.25, 0.3) is 0 Å². The summed E-state index contributed by atoms with van der Waals surface area (Å²) in [7, 11) is 0. The quantitative estimate of drug-likeness (QED) is 0.768. The maximum Gasteiger partial charge on any atom is 0.313 e. The van der Waals surface area contributed by atoms with Gasteiger partial charge in [-0.3, -0.25) is 4.79 Å². The maximum atomic E-state index is 10.6. The summed E-state index contributed by atoms with van der Waals surface area (Å²) in [4.78, 5) is 10.6. The molecule has 1 aromatic heterocycles. The lowest BCUT2D eigenvalue weighted by molar-refractivity contribution is -0.133. The van der Waals surface area contributed by atoms with Crippen LogP contribution in [0.2, 0.25) is 0 Å². The summed E-state index contributed by atoms with van der Waals surface area (Å²) in [5, 5.41) is 21.0. The van der Waals surface area contributed by atoms with Gasteiger partial charge in [-0.1, -0.05) is 11.8 Å². The van der Waals surface area contributed by atoms with Crippen molar-refractivity contribution in [1.29, 1.82) is 0 Å². The van der Waals surface area contributed by atoms with Crippen molar-refractivity contribution < 1.29 is 9.90 Å². The Bertz CT molecular complexity index is 416. The standard InChI is InChI=1S/C10H14N4O2S/c15-8(16)5-17-10-11-12-13-14(10)9(6-1-2-6)7-3-4-7/h6-7,9H,1-5H2,(H,15,16). The zero-order valence-corrected chi connectivity index (χ0v) is 10.1. The van der Waals surface area contributed by atoms with Gasteiger partial charge < -0.3 is 5.11 Å². The Morgan fingerprint density at radius 3 is 2.59 bits per heavy atom. The van der Waals surface area contributed by atoms with Crippen molar-refractivity contribution in [2.75, 3.05) is 5.75 Å². The number of thioether (sulfide) groups is 1. The molecule has 0 amide bonds. The molecule has 2 aliphatic carbocycles. The monoisotopic (exact) mass is 254 g/mol. The van der Waals surface area contributed by atoms with E-state index in [1.807, 2.05) is 4.68 Å². The molecule has 1 N–H and O–H groups in total. The van der Waals surface area contributed by atoms with E-state index >= 15 is 0 Å². The van der Waals surface area contributed by atoms with Crippen LogP contribution in [0.4, 0.5) is 0 Å². The zero-order chi connectivity index (χ0) is 11.8. The van der Waals surface area contributed by atoms with Gasteiger partial charge in [0.1, 0.15) is 0 Å². The molecule has 0 aliphatic heterocycles. The van der Waals surface area contributed by atoms with E-state index in [9.17, 15) is 4.79 Å². The normalized spacial score (nSPS) is 19.8. The maximum absolute atomic E-state index is 10.6. The zero-order valence-electron chi connectivity index (χ0n) is 9.32. The molecule has 2 fully saturated rings. The highest BCUT2D eigenvalue weighted by Crippen LogP contribution is 2.52. The Morgan fingerprint density at radius 1 is 1.41 bits per heavy atom. The number of aromatic nitrogens is 4. The largest absolute Gasteiger partial charge is 0.481 e. The van der Waals surface area contributed by atoms with E-state index in [0.717, 1.165) is 0 Å². The summed E-state index contributed by atoms with van der Waals surface area (Å²) in [5.74, 6) is 0.590. The lowest BCUT2D eigenvalue weighted by atomic mass is 10.1. The van der Waals surface area contributed by atoms with Crippen LogP contribution in [-0.4, -0.2) is 37.0 Å². The molecule has 3 rings (SSSR count). The summed E-state index contributed by atoms with van der Waals surface area (Å²) < 4.78 is 1.86. The average molecular weight is 254 g/mol. The van der Waals surface area contributed by atoms with Crippen LogP contribution in [0.3, 0.4) is 0 Å². The molecular weight excluding hydrogens is 240 g/mol. The first-order chi connectivity index (χ1) is 8.25. The molecule has 6 nitrogen and oxygen atoms in total. The van der Waals surface area contributed by atoms with E-state index < -0.39 is 5.97 Å². The van der Waals surface area contributed by atoms with Crippen LogP contribution in [0.5, 0.6) is 0 Å². The predicted octanol–water partition coefficient (Wildman–Crippen LogP) is 1.21. The molecule has 2 aliphatic rings. The summed E-state index contributed by atoms with van der Waals surface area (Å²) in [6.45, 7) is 0. The van der Waals surface area contributed by atoms with E-state index in [1.165, 1.54) is 37.4 Å². The van der Waals surface area contributed by atoms with Gasteiger partial charge in [0.2, 0.25) is 5.16 Å². The molecular formula is C10H14N4O2S. The molecule has 0 aromatic carbocycles. The van der Waals surface area contributed by atoms with Crippen LogP contribution >= 0.6 is 11.8 Å². The molecule has 7 heteroatoms. The number of rotatable bonds is 6. The third-order valence-electron chi connectivity index (χ3n) is 3.28. The van der Waals surface area contributed by atoms with E-state index in [-0.39, 0.29) is 5.75 Å². The molecule has 2 saturated carbocycles. The van der Waals surface area contributed by atoms with Crippen LogP contribution < -0.4 is 0 Å². The predicted molar refractivity (Wildman–Crippen MR) is 60.7 cm³/mol.